The first kappa shape index (κ1) is 37.9. The minimum atomic E-state index is -3.41. The number of amides is 2. The second-order valence-corrected chi connectivity index (χ2v) is 17.8. The summed E-state index contributed by atoms with van der Waals surface area (Å²) < 4.78 is 33.4. The van der Waals surface area contributed by atoms with Crippen LogP contribution in [0.2, 0.25) is 18.6 Å². The van der Waals surface area contributed by atoms with Crippen LogP contribution in [-0.4, -0.2) is 88.6 Å². The molecule has 274 valence electrons. The summed E-state index contributed by atoms with van der Waals surface area (Å²) in [4.78, 5) is 44.1. The van der Waals surface area contributed by atoms with E-state index in [1.165, 1.54) is 7.11 Å². The second kappa shape index (κ2) is 15.9. The third-order valence-electron chi connectivity index (χ3n) is 10.4. The van der Waals surface area contributed by atoms with Gasteiger partial charge in [0.1, 0.15) is 5.75 Å². The molecular formula is C37H52FN3O8Si. The molecule has 2 amide bonds. The van der Waals surface area contributed by atoms with Crippen LogP contribution in [0.1, 0.15) is 63.5 Å². The molecule has 1 spiro atoms. The Morgan fingerprint density at radius 3 is 2.52 bits per heavy atom. The molecule has 3 aliphatic rings. The van der Waals surface area contributed by atoms with Crippen LogP contribution >= 0.6 is 0 Å². The van der Waals surface area contributed by atoms with Gasteiger partial charge in [0.15, 0.2) is 5.60 Å². The van der Waals surface area contributed by atoms with Gasteiger partial charge in [0.25, 0.3) is 5.91 Å². The number of rotatable bonds is 16. The molecule has 0 radical (unpaired) electrons. The summed E-state index contributed by atoms with van der Waals surface area (Å²) in [6.07, 6.45) is 2.60. The second-order valence-electron chi connectivity index (χ2n) is 14.0. The van der Waals surface area contributed by atoms with E-state index in [2.05, 4.69) is 5.32 Å². The molecular weight excluding hydrogens is 662 g/mol. The van der Waals surface area contributed by atoms with Crippen LogP contribution in [0.5, 0.6) is 5.75 Å². The van der Waals surface area contributed by atoms with E-state index < -0.39 is 37.6 Å². The number of ether oxygens (including phenoxy) is 3. The summed E-state index contributed by atoms with van der Waals surface area (Å²) in [5.41, 5.74) is 1.30. The van der Waals surface area contributed by atoms with Crippen molar-refractivity contribution in [3.8, 4) is 5.75 Å². The Kier molecular flexibility index (Phi) is 12.0. The number of benzene rings is 2. The molecule has 5 rings (SSSR count). The van der Waals surface area contributed by atoms with Crippen molar-refractivity contribution < 1.29 is 42.9 Å². The summed E-state index contributed by atoms with van der Waals surface area (Å²) in [5.74, 6) is -0.622. The van der Waals surface area contributed by atoms with Crippen LogP contribution in [-0.2, 0) is 35.9 Å². The van der Waals surface area contributed by atoms with E-state index in [1.54, 1.807) is 22.9 Å². The van der Waals surface area contributed by atoms with Crippen LogP contribution < -0.4 is 19.9 Å². The maximum absolute atomic E-state index is 16.1. The van der Waals surface area contributed by atoms with Crippen molar-refractivity contribution in [2.24, 2.45) is 5.92 Å². The lowest BCUT2D eigenvalue weighted by Gasteiger charge is -2.36. The number of nitrogens with one attached hydrogen (secondary N) is 1. The minimum absolute atomic E-state index is 0.0768. The maximum atomic E-state index is 16.1. The average molecular weight is 714 g/mol. The Hall–Kier alpha value is -3.36. The van der Waals surface area contributed by atoms with Gasteiger partial charge in [-0.2, -0.15) is 0 Å². The zero-order valence-corrected chi connectivity index (χ0v) is 30.9. The Morgan fingerprint density at radius 2 is 1.84 bits per heavy atom. The zero-order chi connectivity index (χ0) is 36.2. The molecule has 11 nitrogen and oxygen atoms in total. The number of hydrogen-bond acceptors (Lipinski definition) is 9. The smallest absolute Gasteiger partial charge is 0.305 e. The lowest BCUT2D eigenvalue weighted by molar-refractivity contribution is -0.146. The van der Waals surface area contributed by atoms with Gasteiger partial charge < -0.3 is 38.7 Å². The van der Waals surface area contributed by atoms with E-state index in [0.717, 1.165) is 5.56 Å². The number of aliphatic hydroxyl groups excluding tert-OH is 2. The number of carbonyl (C=O) groups excluding carboxylic acids is 3. The molecule has 1 saturated heterocycles. The van der Waals surface area contributed by atoms with Crippen molar-refractivity contribution in [3.63, 3.8) is 0 Å². The zero-order valence-electron chi connectivity index (χ0n) is 29.9. The molecule has 0 saturated carbocycles. The summed E-state index contributed by atoms with van der Waals surface area (Å²) in [6.45, 7) is 8.27. The first-order valence-electron chi connectivity index (χ1n) is 17.9. The van der Waals surface area contributed by atoms with Crippen LogP contribution in [0.25, 0.3) is 0 Å². The van der Waals surface area contributed by atoms with E-state index in [-0.39, 0.29) is 43.8 Å². The summed E-state index contributed by atoms with van der Waals surface area (Å²) >= 11 is 0. The van der Waals surface area contributed by atoms with Gasteiger partial charge in [-0.15, -0.1) is 0 Å². The Labute approximate surface area is 295 Å². The quantitative estimate of drug-likeness (QED) is 0.0962. The highest BCUT2D eigenvalue weighted by Gasteiger charge is 2.66. The van der Waals surface area contributed by atoms with E-state index in [4.69, 9.17) is 14.2 Å². The van der Waals surface area contributed by atoms with E-state index >= 15 is 4.11 Å². The predicted octanol–water partition coefficient (Wildman–Crippen LogP) is 4.88. The monoisotopic (exact) mass is 713 g/mol. The molecule has 3 aliphatic heterocycles. The summed E-state index contributed by atoms with van der Waals surface area (Å²) in [7, 11) is -2.06. The summed E-state index contributed by atoms with van der Waals surface area (Å²) in [5, 5.41) is 22.6. The highest BCUT2D eigenvalue weighted by molar-refractivity contribution is 6.72. The number of unbranched alkanes of at least 4 members (excludes halogenated alkanes) is 2. The first-order chi connectivity index (χ1) is 23.9. The predicted molar refractivity (Wildman–Crippen MR) is 191 cm³/mol. The van der Waals surface area contributed by atoms with Gasteiger partial charge >= 0.3 is 5.97 Å². The first-order valence-corrected chi connectivity index (χ1v) is 20.8. The normalized spacial score (nSPS) is 24.6. The van der Waals surface area contributed by atoms with Crippen molar-refractivity contribution in [1.82, 2.24) is 5.32 Å². The SMILES string of the molecule is CCOc1ccc2c(c1)CC(NCCCCO)C(=O)N2c1ccc2c(c1)[C@@]1(O[C@H](CCO)[C@@H]([Si](C)(C)F)[C@@H]1C)C(=O)N2CCCCC(=O)OC. The van der Waals surface area contributed by atoms with Gasteiger partial charge in [-0.3, -0.25) is 19.3 Å². The molecule has 3 heterocycles. The number of anilines is 3. The number of carbonyl (C=O) groups is 3. The molecule has 5 atom stereocenters. The average Bonchev–Trinajstić information content (AvgIpc) is 3.51. The maximum Gasteiger partial charge on any atom is 0.305 e. The Balaban J connectivity index is 1.60. The third kappa shape index (κ3) is 7.20. The topological polar surface area (TPSA) is 138 Å². The van der Waals surface area contributed by atoms with E-state index in [9.17, 15) is 24.6 Å². The fraction of sp³-hybridized carbons (Fsp3) is 0.595. The number of methoxy groups -OCH3 is 1. The molecule has 3 N–H and O–H groups in total. The van der Waals surface area contributed by atoms with Crippen molar-refractivity contribution in [3.05, 3.63) is 47.5 Å². The molecule has 13 heteroatoms. The molecule has 0 aromatic heterocycles. The molecule has 0 bridgehead atoms. The van der Waals surface area contributed by atoms with Crippen molar-refractivity contribution >= 4 is 43.3 Å². The number of esters is 1. The van der Waals surface area contributed by atoms with Crippen molar-refractivity contribution in [2.45, 2.75) is 95.2 Å². The molecule has 1 fully saturated rings. The van der Waals surface area contributed by atoms with Gasteiger partial charge in [-0.1, -0.05) is 6.92 Å². The number of halogens is 1. The van der Waals surface area contributed by atoms with Crippen molar-refractivity contribution in [2.75, 3.05) is 49.8 Å². The highest BCUT2D eigenvalue weighted by Crippen LogP contribution is 2.60. The Bertz CT molecular complexity index is 1550. The Morgan fingerprint density at radius 1 is 1.08 bits per heavy atom. The fourth-order valence-corrected chi connectivity index (χ4v) is 10.7. The van der Waals surface area contributed by atoms with Crippen LogP contribution in [0.3, 0.4) is 0 Å². The number of hydrogen-bond donors (Lipinski definition) is 3. The van der Waals surface area contributed by atoms with Gasteiger partial charge in [0.2, 0.25) is 14.3 Å². The molecule has 1 unspecified atom stereocenters. The van der Waals surface area contributed by atoms with Gasteiger partial charge in [-0.25, -0.2) is 0 Å². The van der Waals surface area contributed by atoms with Crippen molar-refractivity contribution in [1.29, 1.82) is 0 Å². The van der Waals surface area contributed by atoms with Gasteiger partial charge in [0.05, 0.1) is 37.2 Å². The number of nitrogens with zero attached hydrogens (tertiary/aromatic N) is 2. The molecule has 2 aromatic carbocycles. The van der Waals surface area contributed by atoms with E-state index in [0.29, 0.717) is 80.2 Å². The lowest BCUT2D eigenvalue weighted by atomic mass is 9.82. The lowest BCUT2D eigenvalue weighted by Crippen LogP contribution is -2.49. The van der Waals surface area contributed by atoms with Gasteiger partial charge in [-0.05, 0) is 107 Å². The molecule has 2 aromatic rings. The summed E-state index contributed by atoms with van der Waals surface area (Å²) in [6, 6.07) is 10.6. The fourth-order valence-electron chi connectivity index (χ4n) is 8.16. The number of fused-ring (bicyclic) bond motifs is 3. The van der Waals surface area contributed by atoms with Crippen LogP contribution in [0, 0.1) is 5.92 Å². The number of aliphatic hydroxyl groups is 2. The van der Waals surface area contributed by atoms with Crippen LogP contribution in [0.15, 0.2) is 36.4 Å². The van der Waals surface area contributed by atoms with Gasteiger partial charge in [0, 0.05) is 48.9 Å². The van der Waals surface area contributed by atoms with Crippen LogP contribution in [0.4, 0.5) is 21.2 Å². The largest absolute Gasteiger partial charge is 0.494 e. The molecule has 0 aliphatic carbocycles. The minimum Gasteiger partial charge on any atom is -0.494 e. The van der Waals surface area contributed by atoms with E-state index in [1.807, 2.05) is 50.2 Å². The molecule has 50 heavy (non-hydrogen) atoms. The third-order valence-corrected chi connectivity index (χ3v) is 12.8. The highest BCUT2D eigenvalue weighted by atomic mass is 28.4. The standard InChI is InChI=1S/C37H52FN3O8Si/c1-6-48-27-13-15-30-25(21-27)22-29(39-17-8-10-19-42)35(45)41(30)26-12-14-31-28(23-26)37(36(46)40(31)18-9-7-11-33(44)47-3)24(2)34(50(4,5)38)32(49-37)16-20-43/h12-15,21,23-24,29,32,34,39,42-43H,6-11,16-20,22H2,1-5H3/t24-,29?,32+,34-,37+/m0/s1.